The SMILES string of the molecule is C=CC=C[C@H](C)[C@@H](OCc1ccc(OC)cc1)[C@@H](C)[C@H](O[Si](C)(C)C(C)(C)C)[C@@H](C)CO[Si](C)(C)C(C)(C)C. The molecule has 0 saturated heterocycles. The average Bonchev–Trinajstić information content (AvgIpc) is 2.83. The van der Waals surface area contributed by atoms with Gasteiger partial charge >= 0.3 is 0 Å². The quantitative estimate of drug-likeness (QED) is 0.154. The van der Waals surface area contributed by atoms with Crippen molar-refractivity contribution in [2.24, 2.45) is 17.8 Å². The molecular weight excluding hydrogens is 517 g/mol. The Morgan fingerprint density at radius 3 is 1.85 bits per heavy atom. The van der Waals surface area contributed by atoms with E-state index in [4.69, 9.17) is 18.3 Å². The smallest absolute Gasteiger partial charge is 0.192 e. The van der Waals surface area contributed by atoms with Gasteiger partial charge in [0.1, 0.15) is 5.75 Å². The number of benzene rings is 1. The molecule has 0 aliphatic rings. The highest BCUT2D eigenvalue weighted by molar-refractivity contribution is 6.74. The van der Waals surface area contributed by atoms with Crippen molar-refractivity contribution in [2.45, 2.75) is 117 Å². The lowest BCUT2D eigenvalue weighted by Crippen LogP contribution is -2.51. The minimum atomic E-state index is -2.06. The molecule has 1 aromatic carbocycles. The number of rotatable bonds is 15. The molecule has 0 fully saturated rings. The van der Waals surface area contributed by atoms with Gasteiger partial charge in [-0.1, -0.05) is 99.3 Å². The highest BCUT2D eigenvalue weighted by Gasteiger charge is 2.44. The van der Waals surface area contributed by atoms with Gasteiger partial charge in [0.2, 0.25) is 0 Å². The van der Waals surface area contributed by atoms with E-state index in [9.17, 15) is 0 Å². The van der Waals surface area contributed by atoms with Gasteiger partial charge in [0.15, 0.2) is 16.6 Å². The van der Waals surface area contributed by atoms with E-state index in [1.807, 2.05) is 24.3 Å². The second-order valence-electron chi connectivity index (χ2n) is 14.4. The van der Waals surface area contributed by atoms with Crippen molar-refractivity contribution in [3.63, 3.8) is 0 Å². The Balaban J connectivity index is 3.36. The fourth-order valence-electron chi connectivity index (χ4n) is 4.16. The molecule has 0 amide bonds. The summed E-state index contributed by atoms with van der Waals surface area (Å²) in [5, 5.41) is 0.279. The van der Waals surface area contributed by atoms with Gasteiger partial charge in [0.05, 0.1) is 25.9 Å². The molecule has 0 spiro atoms. The lowest BCUT2D eigenvalue weighted by atomic mass is 9.84. The molecule has 0 saturated carbocycles. The Kier molecular flexibility index (Phi) is 13.4. The van der Waals surface area contributed by atoms with Crippen LogP contribution in [0.2, 0.25) is 36.3 Å². The van der Waals surface area contributed by atoms with Crippen LogP contribution in [0.4, 0.5) is 0 Å². The molecular formula is C33H60O4Si2. The van der Waals surface area contributed by atoms with Crippen LogP contribution in [0.25, 0.3) is 0 Å². The Hall–Kier alpha value is -1.19. The monoisotopic (exact) mass is 576 g/mol. The normalized spacial score (nSPS) is 17.5. The highest BCUT2D eigenvalue weighted by Crippen LogP contribution is 2.41. The Labute approximate surface area is 243 Å². The lowest BCUT2D eigenvalue weighted by Gasteiger charge is -2.45. The van der Waals surface area contributed by atoms with E-state index in [0.717, 1.165) is 11.3 Å². The van der Waals surface area contributed by atoms with E-state index in [1.165, 1.54) is 0 Å². The molecule has 0 unspecified atom stereocenters. The molecule has 39 heavy (non-hydrogen) atoms. The summed E-state index contributed by atoms with van der Waals surface area (Å²) in [5.74, 6) is 1.42. The molecule has 0 bridgehead atoms. The van der Waals surface area contributed by atoms with Gasteiger partial charge in [-0.25, -0.2) is 0 Å². The molecule has 0 aliphatic heterocycles. The van der Waals surface area contributed by atoms with Gasteiger partial charge in [-0.05, 0) is 54.0 Å². The molecule has 0 radical (unpaired) electrons. The second kappa shape index (κ2) is 14.6. The largest absolute Gasteiger partial charge is 0.497 e. The molecule has 0 aliphatic carbocycles. The van der Waals surface area contributed by atoms with Crippen LogP contribution in [-0.2, 0) is 20.2 Å². The summed E-state index contributed by atoms with van der Waals surface area (Å²) >= 11 is 0. The minimum Gasteiger partial charge on any atom is -0.497 e. The molecule has 1 rings (SSSR count). The van der Waals surface area contributed by atoms with E-state index in [0.29, 0.717) is 13.2 Å². The summed E-state index contributed by atoms with van der Waals surface area (Å²) in [4.78, 5) is 0. The molecule has 224 valence electrons. The number of methoxy groups -OCH3 is 1. The number of hydrogen-bond donors (Lipinski definition) is 0. The van der Waals surface area contributed by atoms with E-state index < -0.39 is 16.6 Å². The van der Waals surface area contributed by atoms with Crippen LogP contribution in [0.5, 0.6) is 5.75 Å². The summed E-state index contributed by atoms with van der Waals surface area (Å²) in [6, 6.07) is 8.12. The number of ether oxygens (including phenoxy) is 2. The predicted octanol–water partition coefficient (Wildman–Crippen LogP) is 9.64. The van der Waals surface area contributed by atoms with Crippen LogP contribution in [0.3, 0.4) is 0 Å². The van der Waals surface area contributed by atoms with Crippen LogP contribution in [0.15, 0.2) is 49.1 Å². The molecule has 0 N–H and O–H groups in total. The fraction of sp³-hybridized carbons (Fsp3) is 0.697. The maximum atomic E-state index is 7.23. The molecule has 0 aromatic heterocycles. The van der Waals surface area contributed by atoms with Gasteiger partial charge < -0.3 is 18.3 Å². The first-order valence-corrected chi connectivity index (χ1v) is 20.4. The summed E-state index contributed by atoms with van der Waals surface area (Å²) < 4.78 is 26.0. The van der Waals surface area contributed by atoms with Crippen molar-refractivity contribution in [3.8, 4) is 5.75 Å². The van der Waals surface area contributed by atoms with Crippen molar-refractivity contribution in [1.29, 1.82) is 0 Å². The zero-order chi connectivity index (χ0) is 30.2. The Bertz CT molecular complexity index is 894. The third kappa shape index (κ3) is 10.6. The van der Waals surface area contributed by atoms with Crippen molar-refractivity contribution >= 4 is 16.6 Å². The highest BCUT2D eigenvalue weighted by atomic mass is 28.4. The predicted molar refractivity (Wildman–Crippen MR) is 174 cm³/mol. The lowest BCUT2D eigenvalue weighted by molar-refractivity contribution is -0.0688. The van der Waals surface area contributed by atoms with E-state index in [2.05, 4.69) is 113 Å². The topological polar surface area (TPSA) is 36.9 Å². The summed E-state index contributed by atoms with van der Waals surface area (Å²) in [6.45, 7) is 35.1. The minimum absolute atomic E-state index is 0.0103. The second-order valence-corrected chi connectivity index (χ2v) is 23.9. The molecule has 5 atom stereocenters. The summed E-state index contributed by atoms with van der Waals surface area (Å²) in [7, 11) is -2.25. The first-order valence-electron chi connectivity index (χ1n) is 14.6. The first kappa shape index (κ1) is 35.8. The molecule has 1 aromatic rings. The molecule has 6 heteroatoms. The zero-order valence-electron chi connectivity index (χ0n) is 27.7. The van der Waals surface area contributed by atoms with Gasteiger partial charge in [-0.15, -0.1) is 0 Å². The molecule has 0 heterocycles. The summed E-state index contributed by atoms with van der Waals surface area (Å²) in [6.07, 6.45) is 6.03. The maximum absolute atomic E-state index is 7.23. The van der Waals surface area contributed by atoms with Gasteiger partial charge in [-0.2, -0.15) is 0 Å². The van der Waals surface area contributed by atoms with Gasteiger partial charge in [0.25, 0.3) is 0 Å². The number of hydrogen-bond acceptors (Lipinski definition) is 4. The van der Waals surface area contributed by atoms with E-state index in [1.54, 1.807) is 7.11 Å². The van der Waals surface area contributed by atoms with Crippen LogP contribution >= 0.6 is 0 Å². The standard InChI is InChI=1S/C33H60O4Si2/c1-16-17-18-25(2)30(35-24-28-19-21-29(34-11)22-20-28)27(4)31(37-39(14,15)33(8,9)10)26(3)23-36-38(12,13)32(5,6)7/h16-22,25-27,30-31H,1,23-24H2,2-15H3/t25-,26-,27+,30+,31+/m0/s1. The van der Waals surface area contributed by atoms with Crippen molar-refractivity contribution < 1.29 is 18.3 Å². The van der Waals surface area contributed by atoms with Gasteiger partial charge in [-0.3, -0.25) is 0 Å². The van der Waals surface area contributed by atoms with Crippen molar-refractivity contribution in [3.05, 3.63) is 54.6 Å². The van der Waals surface area contributed by atoms with Crippen molar-refractivity contribution in [2.75, 3.05) is 13.7 Å². The average molecular weight is 577 g/mol. The Morgan fingerprint density at radius 2 is 1.38 bits per heavy atom. The summed E-state index contributed by atoms with van der Waals surface area (Å²) in [5.41, 5.74) is 1.13. The first-order chi connectivity index (χ1) is 17.8. The van der Waals surface area contributed by atoms with E-state index >= 15 is 0 Å². The van der Waals surface area contributed by atoms with E-state index in [-0.39, 0.29) is 40.0 Å². The third-order valence-electron chi connectivity index (χ3n) is 9.02. The third-order valence-corrected chi connectivity index (χ3v) is 18.0. The number of allylic oxidation sites excluding steroid dienone is 2. The van der Waals surface area contributed by atoms with Crippen LogP contribution in [0.1, 0.15) is 67.9 Å². The van der Waals surface area contributed by atoms with Crippen LogP contribution in [0, 0.1) is 17.8 Å². The van der Waals surface area contributed by atoms with Crippen molar-refractivity contribution in [1.82, 2.24) is 0 Å². The van der Waals surface area contributed by atoms with Crippen LogP contribution in [-0.4, -0.2) is 42.6 Å². The van der Waals surface area contributed by atoms with Crippen LogP contribution < -0.4 is 4.74 Å². The molecule has 4 nitrogen and oxygen atoms in total. The maximum Gasteiger partial charge on any atom is 0.192 e. The Morgan fingerprint density at radius 1 is 0.846 bits per heavy atom. The fourth-order valence-corrected chi connectivity index (χ4v) is 6.75. The zero-order valence-corrected chi connectivity index (χ0v) is 29.7. The van der Waals surface area contributed by atoms with Gasteiger partial charge in [0, 0.05) is 24.4 Å².